The number of hydrogen-bond acceptors (Lipinski definition) is 8. The lowest BCUT2D eigenvalue weighted by Crippen LogP contribution is -2.40. The van der Waals surface area contributed by atoms with Crippen molar-refractivity contribution in [2.24, 2.45) is 5.10 Å². The summed E-state index contributed by atoms with van der Waals surface area (Å²) in [6.45, 7) is -0.654. The van der Waals surface area contributed by atoms with E-state index in [-0.39, 0.29) is 0 Å². The lowest BCUT2D eigenvalue weighted by atomic mass is 10.1. The minimum atomic E-state index is -1.52. The fourth-order valence-corrected chi connectivity index (χ4v) is 2.69. The lowest BCUT2D eigenvalue weighted by Gasteiger charge is -2.18. The summed E-state index contributed by atoms with van der Waals surface area (Å²) in [5.74, 6) is 0. The fraction of sp³-hybridized carbons (Fsp3) is 0.333. The highest BCUT2D eigenvalue weighted by Crippen LogP contribution is 2.27. The minimum Gasteiger partial charge on any atom is -0.394 e. The van der Waals surface area contributed by atoms with Gasteiger partial charge in [0.25, 0.3) is 0 Å². The highest BCUT2D eigenvalue weighted by atomic mass is 35.5. The van der Waals surface area contributed by atoms with E-state index in [9.17, 15) is 15.3 Å². The van der Waals surface area contributed by atoms with Gasteiger partial charge in [-0.3, -0.25) is 0 Å². The summed E-state index contributed by atoms with van der Waals surface area (Å²) in [4.78, 5) is 4.44. The summed E-state index contributed by atoms with van der Waals surface area (Å²) in [5.41, 5.74) is 1.69. The zero-order valence-electron chi connectivity index (χ0n) is 12.8. The fourth-order valence-electron chi connectivity index (χ4n) is 1.81. The highest BCUT2D eigenvalue weighted by molar-refractivity contribution is 7.14. The predicted molar refractivity (Wildman–Crippen MR) is 94.6 cm³/mol. The van der Waals surface area contributed by atoms with E-state index in [2.05, 4.69) is 10.1 Å². The second kappa shape index (κ2) is 8.52. The maximum Gasteiger partial charge on any atom is 0.206 e. The predicted octanol–water partition coefficient (Wildman–Crippen LogP) is 0.960. The van der Waals surface area contributed by atoms with Crippen LogP contribution in [0.25, 0.3) is 11.3 Å². The second-order valence-corrected chi connectivity index (χ2v) is 6.31. The summed E-state index contributed by atoms with van der Waals surface area (Å²) >= 11 is 7.22. The molecule has 0 amide bonds. The third-order valence-electron chi connectivity index (χ3n) is 3.23. The summed E-state index contributed by atoms with van der Waals surface area (Å²) in [6.07, 6.45) is -3.29. The van der Waals surface area contributed by atoms with E-state index >= 15 is 0 Å². The monoisotopic (exact) mass is 371 g/mol. The van der Waals surface area contributed by atoms with Crippen molar-refractivity contribution in [3.05, 3.63) is 34.7 Å². The molecule has 1 aromatic heterocycles. The van der Waals surface area contributed by atoms with E-state index in [0.717, 1.165) is 17.5 Å². The number of benzene rings is 1. The average Bonchev–Trinajstić information content (AvgIpc) is 3.08. The number of aromatic nitrogens is 1. The first-order chi connectivity index (χ1) is 11.4. The second-order valence-electron chi connectivity index (χ2n) is 5.04. The Labute approximate surface area is 148 Å². The molecule has 9 heteroatoms. The normalized spacial score (nSPS) is 15.4. The maximum absolute atomic E-state index is 9.70. The van der Waals surface area contributed by atoms with Crippen LogP contribution in [0.4, 0.5) is 5.13 Å². The number of aliphatic hydroxyl groups is 4. The third-order valence-corrected chi connectivity index (χ3v) is 4.39. The molecule has 3 atom stereocenters. The van der Waals surface area contributed by atoms with Gasteiger partial charge < -0.3 is 20.4 Å². The van der Waals surface area contributed by atoms with Gasteiger partial charge in [-0.1, -0.05) is 23.7 Å². The number of rotatable bonds is 7. The van der Waals surface area contributed by atoms with Gasteiger partial charge in [-0.05, 0) is 12.1 Å². The molecular formula is C15H18ClN3O4S. The number of hydrazone groups is 1. The number of anilines is 1. The molecule has 0 fully saturated rings. The molecule has 0 saturated carbocycles. The van der Waals surface area contributed by atoms with Crippen LogP contribution in [0.2, 0.25) is 5.02 Å². The first kappa shape index (κ1) is 18.8. The van der Waals surface area contributed by atoms with E-state index in [0.29, 0.717) is 10.2 Å². The molecule has 0 aliphatic rings. The highest BCUT2D eigenvalue weighted by Gasteiger charge is 2.22. The molecule has 130 valence electrons. The summed E-state index contributed by atoms with van der Waals surface area (Å²) in [5, 5.41) is 45.8. The van der Waals surface area contributed by atoms with E-state index in [1.807, 2.05) is 17.5 Å². The molecule has 24 heavy (non-hydrogen) atoms. The van der Waals surface area contributed by atoms with Gasteiger partial charge in [-0.2, -0.15) is 5.10 Å². The number of hydrogen-bond donors (Lipinski definition) is 4. The SMILES string of the molecule is CN(/N=C/[C@H](O)[C@H](O)[C@H](O)CO)c1nc(-c2ccc(Cl)cc2)cs1. The van der Waals surface area contributed by atoms with Crippen LogP contribution in [0.15, 0.2) is 34.7 Å². The largest absolute Gasteiger partial charge is 0.394 e. The van der Waals surface area contributed by atoms with Gasteiger partial charge in [-0.25, -0.2) is 9.99 Å². The topological polar surface area (TPSA) is 109 Å². The third kappa shape index (κ3) is 4.73. The first-order valence-corrected chi connectivity index (χ1v) is 8.32. The molecule has 0 radical (unpaired) electrons. The Hall–Kier alpha value is -1.55. The van der Waals surface area contributed by atoms with Gasteiger partial charge in [0.2, 0.25) is 5.13 Å². The zero-order valence-corrected chi connectivity index (χ0v) is 14.4. The molecule has 0 spiro atoms. The van der Waals surface area contributed by atoms with Crippen LogP contribution in [0.1, 0.15) is 0 Å². The number of halogens is 1. The van der Waals surface area contributed by atoms with Crippen molar-refractivity contribution in [1.29, 1.82) is 0 Å². The Balaban J connectivity index is 2.04. The van der Waals surface area contributed by atoms with Crippen LogP contribution in [0, 0.1) is 0 Å². The van der Waals surface area contributed by atoms with Crippen LogP contribution in [-0.2, 0) is 0 Å². The van der Waals surface area contributed by atoms with Crippen molar-refractivity contribution in [2.75, 3.05) is 18.7 Å². The average molecular weight is 372 g/mol. The van der Waals surface area contributed by atoms with Crippen LogP contribution in [-0.4, -0.2) is 63.6 Å². The number of thiazole rings is 1. The molecule has 0 aliphatic heterocycles. The van der Waals surface area contributed by atoms with E-state index in [1.54, 1.807) is 19.2 Å². The van der Waals surface area contributed by atoms with Gasteiger partial charge in [0.05, 0.1) is 18.5 Å². The Morgan fingerprint density at radius 1 is 1.29 bits per heavy atom. The first-order valence-electron chi connectivity index (χ1n) is 7.06. The van der Waals surface area contributed by atoms with Crippen molar-refractivity contribution >= 4 is 34.3 Å². The summed E-state index contributed by atoms with van der Waals surface area (Å²) in [6, 6.07) is 7.28. The lowest BCUT2D eigenvalue weighted by molar-refractivity contribution is -0.0541. The van der Waals surface area contributed by atoms with Gasteiger partial charge in [0, 0.05) is 23.0 Å². The summed E-state index contributed by atoms with van der Waals surface area (Å²) in [7, 11) is 1.64. The molecule has 0 aliphatic carbocycles. The van der Waals surface area contributed by atoms with Gasteiger partial charge in [-0.15, -0.1) is 11.3 Å². The van der Waals surface area contributed by atoms with Gasteiger partial charge in [0.1, 0.15) is 18.3 Å². The zero-order chi connectivity index (χ0) is 17.7. The molecule has 0 bridgehead atoms. The molecule has 2 rings (SSSR count). The summed E-state index contributed by atoms with van der Waals surface area (Å²) < 4.78 is 0. The van der Waals surface area contributed by atoms with Crippen molar-refractivity contribution in [3.63, 3.8) is 0 Å². The van der Waals surface area contributed by atoms with Crippen LogP contribution < -0.4 is 5.01 Å². The quantitative estimate of drug-likeness (QED) is 0.426. The molecule has 2 aromatic rings. The molecule has 1 aromatic carbocycles. The van der Waals surface area contributed by atoms with Crippen molar-refractivity contribution < 1.29 is 20.4 Å². The smallest absolute Gasteiger partial charge is 0.206 e. The Bertz CT molecular complexity index is 680. The van der Waals surface area contributed by atoms with Crippen LogP contribution in [0.5, 0.6) is 0 Å². The van der Waals surface area contributed by atoms with Crippen LogP contribution in [0.3, 0.4) is 0 Å². The molecule has 0 saturated heterocycles. The maximum atomic E-state index is 9.70. The van der Waals surface area contributed by atoms with Gasteiger partial charge >= 0.3 is 0 Å². The molecule has 7 nitrogen and oxygen atoms in total. The van der Waals surface area contributed by atoms with E-state index in [4.69, 9.17) is 16.7 Å². The Kier molecular flexibility index (Phi) is 6.67. The number of nitrogens with zero attached hydrogens (tertiary/aromatic N) is 3. The van der Waals surface area contributed by atoms with Crippen molar-refractivity contribution in [1.82, 2.24) is 4.98 Å². The van der Waals surface area contributed by atoms with Crippen LogP contribution >= 0.6 is 22.9 Å². The molecular weight excluding hydrogens is 354 g/mol. The standard InChI is InChI=1S/C15H18ClN3O4S/c1-19(17-6-12(21)14(23)13(22)7-20)15-18-11(8-24-15)9-2-4-10(16)5-3-9/h2-6,8,12-14,20-23H,7H2,1H3/b17-6+/t12-,13+,14-/m0/s1. The van der Waals surface area contributed by atoms with Crippen molar-refractivity contribution in [2.45, 2.75) is 18.3 Å². The molecule has 1 heterocycles. The Morgan fingerprint density at radius 2 is 1.96 bits per heavy atom. The Morgan fingerprint density at radius 3 is 2.58 bits per heavy atom. The van der Waals surface area contributed by atoms with Gasteiger partial charge in [0.15, 0.2) is 0 Å². The van der Waals surface area contributed by atoms with E-state index in [1.165, 1.54) is 16.3 Å². The molecule has 0 unspecified atom stereocenters. The van der Waals surface area contributed by atoms with E-state index < -0.39 is 24.9 Å². The van der Waals surface area contributed by atoms with Crippen molar-refractivity contribution in [3.8, 4) is 11.3 Å². The minimum absolute atomic E-state index is 0.584. The molecule has 4 N–H and O–H groups in total. The number of aliphatic hydroxyl groups excluding tert-OH is 4.